The van der Waals surface area contributed by atoms with E-state index >= 15 is 0 Å². The fourth-order valence-corrected chi connectivity index (χ4v) is 1.38. The average molecular weight is 186 g/mol. The van der Waals surface area contributed by atoms with Gasteiger partial charge in [-0.25, -0.2) is 4.79 Å². The zero-order chi connectivity index (χ0) is 10.3. The minimum absolute atomic E-state index is 0.262. The van der Waals surface area contributed by atoms with Crippen LogP contribution in [0, 0.1) is 5.92 Å². The van der Waals surface area contributed by atoms with Gasteiger partial charge in [-0.3, -0.25) is 4.79 Å². The Labute approximate surface area is 79.1 Å². The van der Waals surface area contributed by atoms with Crippen LogP contribution in [0.2, 0.25) is 0 Å². The van der Waals surface area contributed by atoms with Gasteiger partial charge in [0, 0.05) is 5.92 Å². The second kappa shape index (κ2) is 6.63. The molecule has 0 aliphatic heterocycles. The van der Waals surface area contributed by atoms with Crippen LogP contribution in [0.3, 0.4) is 0 Å². The number of carbonyl (C=O) groups excluding carboxylic acids is 1. The molecule has 13 heavy (non-hydrogen) atoms. The Morgan fingerprint density at radius 3 is 2.15 bits per heavy atom. The molecule has 1 atom stereocenters. The van der Waals surface area contributed by atoms with Crippen molar-refractivity contribution >= 4 is 11.8 Å². The van der Waals surface area contributed by atoms with Gasteiger partial charge in [0.15, 0.2) is 0 Å². The first-order chi connectivity index (χ1) is 6.13. The minimum Gasteiger partial charge on any atom is -0.475 e. The molecule has 0 aliphatic rings. The zero-order valence-corrected chi connectivity index (χ0v) is 8.38. The van der Waals surface area contributed by atoms with E-state index in [1.807, 2.05) is 13.8 Å². The number of aliphatic carboxylic acids is 1. The van der Waals surface area contributed by atoms with Crippen LogP contribution in [0.5, 0.6) is 0 Å². The molecule has 76 valence electrons. The lowest BCUT2D eigenvalue weighted by Crippen LogP contribution is -2.23. The summed E-state index contributed by atoms with van der Waals surface area (Å²) in [7, 11) is 0. The average Bonchev–Trinajstić information content (AvgIpc) is 2.11. The third kappa shape index (κ3) is 4.65. The summed E-state index contributed by atoms with van der Waals surface area (Å²) in [5.74, 6) is -2.16. The van der Waals surface area contributed by atoms with E-state index < -0.39 is 11.8 Å². The van der Waals surface area contributed by atoms with E-state index in [1.165, 1.54) is 0 Å². The topological polar surface area (TPSA) is 54.4 Å². The molecule has 0 aromatic heterocycles. The van der Waals surface area contributed by atoms with Crippen LogP contribution in [0.4, 0.5) is 0 Å². The molecule has 3 heteroatoms. The van der Waals surface area contributed by atoms with Crippen molar-refractivity contribution < 1.29 is 14.7 Å². The number of carboxylic acid groups (broad SMARTS) is 1. The number of hydrogen-bond donors (Lipinski definition) is 1. The third-order valence-electron chi connectivity index (χ3n) is 2.12. The third-order valence-corrected chi connectivity index (χ3v) is 2.12. The van der Waals surface area contributed by atoms with Crippen LogP contribution in [-0.2, 0) is 9.59 Å². The first-order valence-corrected chi connectivity index (χ1v) is 4.90. The monoisotopic (exact) mass is 186 g/mol. The summed E-state index contributed by atoms with van der Waals surface area (Å²) in [6.45, 7) is 4.00. The van der Waals surface area contributed by atoms with Gasteiger partial charge in [-0.1, -0.05) is 33.1 Å². The van der Waals surface area contributed by atoms with Gasteiger partial charge >= 0.3 is 5.97 Å². The van der Waals surface area contributed by atoms with Crippen molar-refractivity contribution in [2.75, 3.05) is 0 Å². The summed E-state index contributed by atoms with van der Waals surface area (Å²) in [6, 6.07) is 0. The van der Waals surface area contributed by atoms with Gasteiger partial charge in [-0.2, -0.15) is 0 Å². The van der Waals surface area contributed by atoms with E-state index in [0.717, 1.165) is 25.7 Å². The van der Waals surface area contributed by atoms with Crippen LogP contribution in [0.15, 0.2) is 0 Å². The van der Waals surface area contributed by atoms with Crippen LogP contribution in [0.25, 0.3) is 0 Å². The highest BCUT2D eigenvalue weighted by Crippen LogP contribution is 2.15. The zero-order valence-electron chi connectivity index (χ0n) is 8.38. The quantitative estimate of drug-likeness (QED) is 0.620. The maximum atomic E-state index is 11.1. The summed E-state index contributed by atoms with van der Waals surface area (Å²) < 4.78 is 0. The van der Waals surface area contributed by atoms with Gasteiger partial charge in [-0.05, 0) is 12.8 Å². The van der Waals surface area contributed by atoms with Crippen LogP contribution >= 0.6 is 0 Å². The molecule has 0 saturated carbocycles. The predicted molar refractivity (Wildman–Crippen MR) is 50.6 cm³/mol. The molecule has 3 nitrogen and oxygen atoms in total. The molecular weight excluding hydrogens is 168 g/mol. The number of carboxylic acids is 1. The first kappa shape index (κ1) is 12.1. The molecule has 0 bridgehead atoms. The fraction of sp³-hybridized carbons (Fsp3) is 0.800. The number of carbonyl (C=O) groups is 2. The summed E-state index contributed by atoms with van der Waals surface area (Å²) in [6.07, 6.45) is 4.23. The second-order valence-electron chi connectivity index (χ2n) is 3.30. The normalized spacial score (nSPS) is 12.5. The molecule has 0 rings (SSSR count). The van der Waals surface area contributed by atoms with E-state index in [-0.39, 0.29) is 5.92 Å². The smallest absolute Gasteiger partial charge is 0.372 e. The molecule has 1 unspecified atom stereocenters. The number of unbranched alkanes of at least 4 members (excludes halogenated alkanes) is 1. The van der Waals surface area contributed by atoms with E-state index in [0.29, 0.717) is 6.42 Å². The van der Waals surface area contributed by atoms with Crippen molar-refractivity contribution in [2.24, 2.45) is 5.92 Å². The summed E-state index contributed by atoms with van der Waals surface area (Å²) >= 11 is 0. The maximum absolute atomic E-state index is 11.1. The van der Waals surface area contributed by atoms with Crippen molar-refractivity contribution in [1.82, 2.24) is 0 Å². The van der Waals surface area contributed by atoms with Gasteiger partial charge in [0.25, 0.3) is 0 Å². The van der Waals surface area contributed by atoms with E-state index in [1.54, 1.807) is 0 Å². The van der Waals surface area contributed by atoms with E-state index in [4.69, 9.17) is 5.11 Å². The lowest BCUT2D eigenvalue weighted by atomic mass is 9.93. The van der Waals surface area contributed by atoms with Crippen LogP contribution in [0.1, 0.15) is 46.0 Å². The van der Waals surface area contributed by atoms with Gasteiger partial charge in [0.2, 0.25) is 5.78 Å². The molecule has 0 aromatic rings. The van der Waals surface area contributed by atoms with Gasteiger partial charge in [0.05, 0.1) is 0 Å². The molecule has 0 spiro atoms. The Hall–Kier alpha value is -0.860. The molecule has 0 saturated heterocycles. The lowest BCUT2D eigenvalue weighted by molar-refractivity contribution is -0.151. The molecule has 0 fully saturated rings. The first-order valence-electron chi connectivity index (χ1n) is 4.90. The number of hydrogen-bond acceptors (Lipinski definition) is 2. The number of rotatable bonds is 7. The Morgan fingerprint density at radius 2 is 1.77 bits per heavy atom. The fourth-order valence-electron chi connectivity index (χ4n) is 1.38. The SMILES string of the molecule is CCCCC(CCC)C(=O)C(=O)O. The van der Waals surface area contributed by atoms with Gasteiger partial charge in [0.1, 0.15) is 0 Å². The number of Topliss-reactive ketones (excluding diaryl/α,β-unsaturated/α-hetero) is 1. The number of ketones is 1. The van der Waals surface area contributed by atoms with Crippen molar-refractivity contribution in [3.8, 4) is 0 Å². The van der Waals surface area contributed by atoms with Crippen LogP contribution < -0.4 is 0 Å². The highest BCUT2D eigenvalue weighted by atomic mass is 16.4. The Bertz CT molecular complexity index is 175. The molecule has 1 N–H and O–H groups in total. The Kier molecular flexibility index (Phi) is 6.20. The second-order valence-corrected chi connectivity index (χ2v) is 3.30. The molecular formula is C10H18O3. The summed E-state index contributed by atoms with van der Waals surface area (Å²) in [5.41, 5.74) is 0. The largest absolute Gasteiger partial charge is 0.475 e. The standard InChI is InChI=1S/C10H18O3/c1-3-5-7-8(6-4-2)9(11)10(12)13/h8H,3-7H2,1-2H3,(H,12,13). The highest BCUT2D eigenvalue weighted by Gasteiger charge is 2.22. The summed E-state index contributed by atoms with van der Waals surface area (Å²) in [5, 5.41) is 8.53. The van der Waals surface area contributed by atoms with E-state index in [2.05, 4.69) is 0 Å². The molecule has 0 aliphatic carbocycles. The van der Waals surface area contributed by atoms with Crippen molar-refractivity contribution in [2.45, 2.75) is 46.0 Å². The van der Waals surface area contributed by atoms with Crippen molar-refractivity contribution in [1.29, 1.82) is 0 Å². The molecule has 0 heterocycles. The lowest BCUT2D eigenvalue weighted by Gasteiger charge is -2.10. The van der Waals surface area contributed by atoms with Crippen molar-refractivity contribution in [3.63, 3.8) is 0 Å². The van der Waals surface area contributed by atoms with Crippen molar-refractivity contribution in [3.05, 3.63) is 0 Å². The Balaban J connectivity index is 4.06. The molecule has 0 aromatic carbocycles. The maximum Gasteiger partial charge on any atom is 0.372 e. The Morgan fingerprint density at radius 1 is 1.15 bits per heavy atom. The van der Waals surface area contributed by atoms with Gasteiger partial charge in [-0.15, -0.1) is 0 Å². The molecule has 0 amide bonds. The minimum atomic E-state index is -1.28. The summed E-state index contributed by atoms with van der Waals surface area (Å²) in [4.78, 5) is 21.6. The van der Waals surface area contributed by atoms with Gasteiger partial charge < -0.3 is 5.11 Å². The van der Waals surface area contributed by atoms with E-state index in [9.17, 15) is 9.59 Å². The molecule has 0 radical (unpaired) electrons. The highest BCUT2D eigenvalue weighted by molar-refractivity contribution is 6.33. The predicted octanol–water partition coefficient (Wildman–Crippen LogP) is 2.25. The van der Waals surface area contributed by atoms with Crippen LogP contribution in [-0.4, -0.2) is 16.9 Å².